The molecule has 0 aromatic heterocycles. The molecule has 142 valence electrons. The van der Waals surface area contributed by atoms with Gasteiger partial charge in [-0.05, 0) is 18.4 Å². The normalized spacial score (nSPS) is 36.6. The highest BCUT2D eigenvalue weighted by atomic mass is 16.7. The monoisotopic (exact) mass is 374 g/mol. The molecule has 2 heterocycles. The van der Waals surface area contributed by atoms with Crippen LogP contribution in [0.15, 0.2) is 30.3 Å². The van der Waals surface area contributed by atoms with Crippen LogP contribution in [0.5, 0.6) is 0 Å². The number of nitriles is 3. The highest BCUT2D eigenvalue weighted by Gasteiger charge is 2.80. The van der Waals surface area contributed by atoms with Crippen LogP contribution in [0.1, 0.15) is 50.5 Å². The lowest BCUT2D eigenvalue weighted by molar-refractivity contribution is -0.285. The molecule has 1 aliphatic carbocycles. The number of nitrogens with zero attached hydrogens (tertiary/aromatic N) is 3. The maximum Gasteiger partial charge on any atom is 0.217 e. The minimum Gasteiger partial charge on any atom is -0.447 e. The summed E-state index contributed by atoms with van der Waals surface area (Å²) in [5.74, 6) is -2.19. The van der Waals surface area contributed by atoms with Gasteiger partial charge in [0, 0.05) is 12.3 Å². The van der Waals surface area contributed by atoms with Gasteiger partial charge in [0.15, 0.2) is 10.8 Å². The summed E-state index contributed by atoms with van der Waals surface area (Å²) in [6.45, 7) is 1.91. The van der Waals surface area contributed by atoms with Crippen LogP contribution in [0, 0.1) is 56.2 Å². The first kappa shape index (κ1) is 18.5. The molecule has 4 rings (SSSR count). The average Bonchev–Trinajstić information content (AvgIpc) is 2.86. The lowest BCUT2D eigenvalue weighted by atomic mass is 9.52. The molecule has 3 aliphatic rings. The molecule has 0 radical (unpaired) electrons. The van der Waals surface area contributed by atoms with Gasteiger partial charge in [0.1, 0.15) is 6.10 Å². The summed E-state index contributed by atoms with van der Waals surface area (Å²) in [5, 5.41) is 39.4. The minimum absolute atomic E-state index is 0.284. The molecule has 2 saturated heterocycles. The maximum atomic E-state index is 10.3. The second-order valence-corrected chi connectivity index (χ2v) is 8.08. The fourth-order valence-corrected chi connectivity index (χ4v) is 5.47. The zero-order valence-electron chi connectivity index (χ0n) is 15.8. The summed E-state index contributed by atoms with van der Waals surface area (Å²) in [6, 6.07) is 16.1. The highest BCUT2D eigenvalue weighted by molar-refractivity contribution is 5.89. The molecule has 28 heavy (non-hydrogen) atoms. The molecule has 2 aliphatic heterocycles. The lowest BCUT2D eigenvalue weighted by Gasteiger charge is -2.51. The highest BCUT2D eigenvalue weighted by Crippen LogP contribution is 2.67. The van der Waals surface area contributed by atoms with Gasteiger partial charge in [-0.25, -0.2) is 0 Å². The summed E-state index contributed by atoms with van der Waals surface area (Å²) in [7, 11) is 0. The molecule has 2 bridgehead atoms. The van der Waals surface area contributed by atoms with Gasteiger partial charge in [-0.1, -0.05) is 50.1 Å². The molecule has 0 spiro atoms. The molecular weight excluding hydrogens is 352 g/mol. The molecule has 6 nitrogen and oxygen atoms in total. The van der Waals surface area contributed by atoms with Crippen LogP contribution in [0.4, 0.5) is 0 Å². The third-order valence-electron chi connectivity index (χ3n) is 6.89. The topological polar surface area (TPSA) is 114 Å². The Morgan fingerprint density at radius 1 is 1.07 bits per heavy atom. The summed E-state index contributed by atoms with van der Waals surface area (Å²) < 4.78 is 12.5. The molecule has 5 unspecified atom stereocenters. The molecule has 1 aromatic carbocycles. The van der Waals surface area contributed by atoms with Crippen LogP contribution in [0.25, 0.3) is 0 Å². The van der Waals surface area contributed by atoms with Crippen LogP contribution in [-0.4, -0.2) is 17.8 Å². The summed E-state index contributed by atoms with van der Waals surface area (Å²) in [6.07, 6.45) is 3.00. The van der Waals surface area contributed by atoms with Gasteiger partial charge in [0.2, 0.25) is 11.7 Å². The van der Waals surface area contributed by atoms with E-state index in [1.165, 1.54) is 0 Å². The van der Waals surface area contributed by atoms with Gasteiger partial charge in [-0.2, -0.15) is 15.8 Å². The minimum atomic E-state index is -1.82. The van der Waals surface area contributed by atoms with E-state index in [0.29, 0.717) is 12.8 Å². The molecule has 1 saturated carbocycles. The van der Waals surface area contributed by atoms with Gasteiger partial charge >= 0.3 is 0 Å². The molecule has 1 N–H and O–H groups in total. The van der Waals surface area contributed by atoms with E-state index in [4.69, 9.17) is 14.9 Å². The molecule has 5 atom stereocenters. The van der Waals surface area contributed by atoms with Crippen LogP contribution in [0.3, 0.4) is 0 Å². The summed E-state index contributed by atoms with van der Waals surface area (Å²) >= 11 is 0. The Balaban J connectivity index is 1.94. The fraction of sp³-hybridized carbons (Fsp3) is 0.545. The third-order valence-corrected chi connectivity index (χ3v) is 6.89. The Kier molecular flexibility index (Phi) is 4.18. The van der Waals surface area contributed by atoms with Gasteiger partial charge in [0.05, 0.1) is 24.1 Å². The quantitative estimate of drug-likeness (QED) is 0.840. The fourth-order valence-electron chi connectivity index (χ4n) is 5.47. The number of rotatable bonds is 2. The molecule has 6 heteroatoms. The number of nitrogens with one attached hydrogen (secondary N) is 1. The predicted molar refractivity (Wildman–Crippen MR) is 99.6 cm³/mol. The second-order valence-electron chi connectivity index (χ2n) is 8.08. The number of hydrogen-bond donors (Lipinski definition) is 1. The van der Waals surface area contributed by atoms with E-state index in [0.717, 1.165) is 24.8 Å². The molecule has 3 fully saturated rings. The Labute approximate surface area is 164 Å². The van der Waals surface area contributed by atoms with Crippen LogP contribution in [0.2, 0.25) is 0 Å². The number of benzene rings is 1. The first-order chi connectivity index (χ1) is 13.5. The van der Waals surface area contributed by atoms with Crippen LogP contribution >= 0.6 is 0 Å². The number of hydrogen-bond acceptors (Lipinski definition) is 6. The van der Waals surface area contributed by atoms with E-state index in [1.807, 2.05) is 37.3 Å². The van der Waals surface area contributed by atoms with Crippen molar-refractivity contribution >= 4 is 5.90 Å². The van der Waals surface area contributed by atoms with Gasteiger partial charge in [-0.3, -0.25) is 5.41 Å². The van der Waals surface area contributed by atoms with Gasteiger partial charge in [-0.15, -0.1) is 0 Å². The van der Waals surface area contributed by atoms with Crippen LogP contribution < -0.4 is 0 Å². The molecular formula is C22H22N4O2. The molecule has 0 amide bonds. The van der Waals surface area contributed by atoms with E-state index >= 15 is 0 Å². The largest absolute Gasteiger partial charge is 0.447 e. The first-order valence-electron chi connectivity index (χ1n) is 9.76. The number of ether oxygens (including phenoxy) is 2. The Bertz CT molecular complexity index is 911. The zero-order valence-corrected chi connectivity index (χ0v) is 15.8. The van der Waals surface area contributed by atoms with E-state index in [-0.39, 0.29) is 11.8 Å². The Hall–Kier alpha value is -2.88. The maximum absolute atomic E-state index is 10.3. The zero-order chi connectivity index (χ0) is 20.0. The van der Waals surface area contributed by atoms with Crippen molar-refractivity contribution in [1.82, 2.24) is 0 Å². The van der Waals surface area contributed by atoms with E-state index < -0.39 is 28.6 Å². The van der Waals surface area contributed by atoms with Gasteiger partial charge < -0.3 is 9.47 Å². The van der Waals surface area contributed by atoms with Crippen molar-refractivity contribution in [1.29, 1.82) is 21.2 Å². The van der Waals surface area contributed by atoms with Crippen molar-refractivity contribution in [2.45, 2.75) is 56.8 Å². The average molecular weight is 374 g/mol. The second kappa shape index (κ2) is 6.33. The van der Waals surface area contributed by atoms with E-state index in [1.54, 1.807) is 0 Å². The smallest absolute Gasteiger partial charge is 0.217 e. The van der Waals surface area contributed by atoms with Crippen LogP contribution in [-0.2, 0) is 9.47 Å². The lowest BCUT2D eigenvalue weighted by Crippen LogP contribution is -2.63. The van der Waals surface area contributed by atoms with Crippen molar-refractivity contribution < 1.29 is 9.47 Å². The predicted octanol–water partition coefficient (Wildman–Crippen LogP) is 4.02. The van der Waals surface area contributed by atoms with Crippen molar-refractivity contribution in [2.24, 2.45) is 16.7 Å². The van der Waals surface area contributed by atoms with Crippen molar-refractivity contribution in [2.75, 3.05) is 0 Å². The van der Waals surface area contributed by atoms with Gasteiger partial charge in [0.25, 0.3) is 0 Å². The van der Waals surface area contributed by atoms with Crippen molar-refractivity contribution in [3.8, 4) is 18.2 Å². The van der Waals surface area contributed by atoms with E-state index in [2.05, 4.69) is 18.2 Å². The Morgan fingerprint density at radius 3 is 2.43 bits per heavy atom. The van der Waals surface area contributed by atoms with Crippen molar-refractivity contribution in [3.63, 3.8) is 0 Å². The Morgan fingerprint density at radius 2 is 1.79 bits per heavy atom. The third kappa shape index (κ3) is 2.06. The summed E-state index contributed by atoms with van der Waals surface area (Å²) in [4.78, 5) is 0. The van der Waals surface area contributed by atoms with E-state index in [9.17, 15) is 15.8 Å². The molecule has 1 aromatic rings. The van der Waals surface area contributed by atoms with Crippen molar-refractivity contribution in [3.05, 3.63) is 35.9 Å². The SMILES string of the molecule is CC(c1ccccc1)C1OC23CCCCCC2C(C#N)(C(=N)O3)C1(C#N)C#N. The summed E-state index contributed by atoms with van der Waals surface area (Å²) in [5.41, 5.74) is -2.51. The first-order valence-corrected chi connectivity index (χ1v) is 9.76. The standard InChI is InChI=1S/C22H22N4O2/c1-15(16-8-4-2-5-9-16)18-20(12-23,13-24)21(14-25)17-10-6-3-7-11-22(17,27-18)28-19(21)26/h2,4-5,8-9,15,17-18,26H,3,6-7,10-11H2,1H3.